The summed E-state index contributed by atoms with van der Waals surface area (Å²) in [6.45, 7) is 6.61. The molecule has 2 heterocycles. The van der Waals surface area contributed by atoms with Crippen molar-refractivity contribution in [1.82, 2.24) is 10.2 Å². The third kappa shape index (κ3) is 4.65. The number of ether oxygens (including phenoxy) is 1. The molecule has 2 aliphatic rings. The molecule has 0 aromatic heterocycles. The molecule has 0 atom stereocenters. The van der Waals surface area contributed by atoms with Crippen molar-refractivity contribution in [2.45, 2.75) is 12.8 Å². The number of piperazine rings is 1. The number of nitrogens with zero attached hydrogens (tertiary/aromatic N) is 2. The Hall–Kier alpha value is -3.25. The lowest BCUT2D eigenvalue weighted by atomic mass is 10.1. The molecule has 6 nitrogen and oxygen atoms in total. The lowest BCUT2D eigenvalue weighted by molar-refractivity contribution is 0.225. The Morgan fingerprint density at radius 1 is 0.938 bits per heavy atom. The number of carbonyl (C=O) groups excluding carboxylic acids is 1. The predicted molar refractivity (Wildman–Crippen MR) is 130 cm³/mol. The van der Waals surface area contributed by atoms with E-state index in [1.165, 1.54) is 16.5 Å². The molecule has 3 aromatic carbocycles. The second-order valence-electron chi connectivity index (χ2n) is 8.48. The molecule has 6 heteroatoms. The van der Waals surface area contributed by atoms with Crippen molar-refractivity contribution in [3.63, 3.8) is 0 Å². The minimum atomic E-state index is -0.149. The van der Waals surface area contributed by atoms with Crippen LogP contribution in [-0.2, 0) is 6.42 Å². The van der Waals surface area contributed by atoms with E-state index < -0.39 is 0 Å². The van der Waals surface area contributed by atoms with E-state index >= 15 is 0 Å². The molecular weight excluding hydrogens is 400 g/mol. The van der Waals surface area contributed by atoms with E-state index in [-0.39, 0.29) is 6.03 Å². The standard InChI is InChI=1S/C26H30N4O2/c31-26-27-12-11-21-9-10-22(19-24(21)28-26)32-18-4-13-29-14-16-30(17-15-29)25-8-3-6-20-5-1-2-7-23(20)25/h1-3,5-10,19H,4,11-18H2,(H2,27,28,31). The number of anilines is 2. The van der Waals surface area contributed by atoms with E-state index in [0.29, 0.717) is 13.2 Å². The van der Waals surface area contributed by atoms with Crippen molar-refractivity contribution in [2.24, 2.45) is 0 Å². The van der Waals surface area contributed by atoms with Crippen LogP contribution in [0.5, 0.6) is 5.75 Å². The van der Waals surface area contributed by atoms with Crippen LogP contribution >= 0.6 is 0 Å². The van der Waals surface area contributed by atoms with E-state index in [1.54, 1.807) is 0 Å². The summed E-state index contributed by atoms with van der Waals surface area (Å²) in [4.78, 5) is 16.7. The van der Waals surface area contributed by atoms with Crippen LogP contribution in [0.15, 0.2) is 60.7 Å². The lowest BCUT2D eigenvalue weighted by Crippen LogP contribution is -2.46. The number of nitrogens with one attached hydrogen (secondary N) is 2. The molecule has 1 saturated heterocycles. The molecule has 1 fully saturated rings. The van der Waals surface area contributed by atoms with E-state index in [0.717, 1.165) is 62.6 Å². The second-order valence-corrected chi connectivity index (χ2v) is 8.48. The number of hydrogen-bond donors (Lipinski definition) is 2. The van der Waals surface area contributed by atoms with Gasteiger partial charge >= 0.3 is 6.03 Å². The Morgan fingerprint density at radius 2 is 1.78 bits per heavy atom. The minimum Gasteiger partial charge on any atom is -0.493 e. The van der Waals surface area contributed by atoms with Crippen LogP contribution in [0.1, 0.15) is 12.0 Å². The fraction of sp³-hybridized carbons (Fsp3) is 0.346. The first-order chi connectivity index (χ1) is 15.8. The van der Waals surface area contributed by atoms with Gasteiger partial charge in [-0.3, -0.25) is 4.90 Å². The van der Waals surface area contributed by atoms with Gasteiger partial charge in [0.15, 0.2) is 0 Å². The third-order valence-corrected chi connectivity index (χ3v) is 6.38. The van der Waals surface area contributed by atoms with Gasteiger partial charge in [0, 0.05) is 62.1 Å². The van der Waals surface area contributed by atoms with Gasteiger partial charge in [-0.2, -0.15) is 0 Å². The van der Waals surface area contributed by atoms with Crippen molar-refractivity contribution in [2.75, 3.05) is 56.1 Å². The van der Waals surface area contributed by atoms with E-state index in [1.807, 2.05) is 18.2 Å². The van der Waals surface area contributed by atoms with Crippen LogP contribution in [0.2, 0.25) is 0 Å². The summed E-state index contributed by atoms with van der Waals surface area (Å²) in [7, 11) is 0. The van der Waals surface area contributed by atoms with Gasteiger partial charge in [0.2, 0.25) is 0 Å². The molecule has 5 rings (SSSR count). The highest BCUT2D eigenvalue weighted by Crippen LogP contribution is 2.28. The zero-order valence-corrected chi connectivity index (χ0v) is 18.3. The van der Waals surface area contributed by atoms with Gasteiger partial charge in [0.1, 0.15) is 5.75 Å². The summed E-state index contributed by atoms with van der Waals surface area (Å²) >= 11 is 0. The lowest BCUT2D eigenvalue weighted by Gasteiger charge is -2.36. The van der Waals surface area contributed by atoms with Crippen LogP contribution in [-0.4, -0.2) is 56.8 Å². The maximum absolute atomic E-state index is 11.7. The first-order valence-corrected chi connectivity index (χ1v) is 11.5. The number of hydrogen-bond acceptors (Lipinski definition) is 4. The Kier molecular flexibility index (Phi) is 6.12. The first kappa shape index (κ1) is 20.6. The average molecular weight is 431 g/mol. The van der Waals surface area contributed by atoms with Gasteiger partial charge in [0.05, 0.1) is 6.61 Å². The fourth-order valence-electron chi connectivity index (χ4n) is 4.63. The van der Waals surface area contributed by atoms with Crippen molar-refractivity contribution in [3.05, 3.63) is 66.2 Å². The van der Waals surface area contributed by atoms with Gasteiger partial charge in [-0.25, -0.2) is 4.79 Å². The van der Waals surface area contributed by atoms with Gasteiger partial charge < -0.3 is 20.3 Å². The molecule has 0 spiro atoms. The van der Waals surface area contributed by atoms with Crippen LogP contribution in [0.3, 0.4) is 0 Å². The summed E-state index contributed by atoms with van der Waals surface area (Å²) in [5.41, 5.74) is 3.33. The molecule has 3 aromatic rings. The summed E-state index contributed by atoms with van der Waals surface area (Å²) in [5.74, 6) is 0.812. The maximum atomic E-state index is 11.7. The van der Waals surface area contributed by atoms with Gasteiger partial charge in [-0.05, 0) is 35.9 Å². The van der Waals surface area contributed by atoms with Crippen molar-refractivity contribution >= 4 is 28.2 Å². The molecule has 0 saturated carbocycles. The largest absolute Gasteiger partial charge is 0.493 e. The molecule has 2 aliphatic heterocycles. The Morgan fingerprint density at radius 3 is 2.69 bits per heavy atom. The molecule has 32 heavy (non-hydrogen) atoms. The van der Waals surface area contributed by atoms with Crippen LogP contribution in [0.25, 0.3) is 10.8 Å². The van der Waals surface area contributed by atoms with Crippen LogP contribution in [0, 0.1) is 0 Å². The molecule has 0 radical (unpaired) electrons. The highest BCUT2D eigenvalue weighted by Gasteiger charge is 2.18. The topological polar surface area (TPSA) is 56.8 Å². The zero-order valence-electron chi connectivity index (χ0n) is 18.3. The number of carbonyl (C=O) groups is 1. The Labute approximate surface area is 189 Å². The Bertz CT molecular complexity index is 1090. The summed E-state index contributed by atoms with van der Waals surface area (Å²) < 4.78 is 5.97. The Balaban J connectivity index is 1.09. The monoisotopic (exact) mass is 430 g/mol. The summed E-state index contributed by atoms with van der Waals surface area (Å²) in [6.07, 6.45) is 1.82. The van der Waals surface area contributed by atoms with Crippen molar-refractivity contribution < 1.29 is 9.53 Å². The van der Waals surface area contributed by atoms with Crippen LogP contribution < -0.4 is 20.3 Å². The second kappa shape index (κ2) is 9.49. The zero-order chi connectivity index (χ0) is 21.8. The molecule has 0 unspecified atom stereocenters. The minimum absolute atomic E-state index is 0.149. The van der Waals surface area contributed by atoms with E-state index in [4.69, 9.17) is 4.74 Å². The van der Waals surface area contributed by atoms with Gasteiger partial charge in [0.25, 0.3) is 0 Å². The van der Waals surface area contributed by atoms with Gasteiger partial charge in [-0.1, -0.05) is 42.5 Å². The molecule has 166 valence electrons. The molecule has 2 N–H and O–H groups in total. The number of amides is 2. The number of fused-ring (bicyclic) bond motifs is 2. The predicted octanol–water partition coefficient (Wildman–Crippen LogP) is 4.11. The highest BCUT2D eigenvalue weighted by molar-refractivity contribution is 5.94. The van der Waals surface area contributed by atoms with Crippen molar-refractivity contribution in [3.8, 4) is 5.75 Å². The molecule has 0 aliphatic carbocycles. The molecule has 0 bridgehead atoms. The van der Waals surface area contributed by atoms with Crippen LogP contribution in [0.4, 0.5) is 16.2 Å². The quantitative estimate of drug-likeness (QED) is 0.578. The number of urea groups is 1. The fourth-order valence-corrected chi connectivity index (χ4v) is 4.63. The van der Waals surface area contributed by atoms with E-state index in [9.17, 15) is 4.79 Å². The van der Waals surface area contributed by atoms with Crippen molar-refractivity contribution in [1.29, 1.82) is 0 Å². The van der Waals surface area contributed by atoms with Gasteiger partial charge in [-0.15, -0.1) is 0 Å². The normalized spacial score (nSPS) is 16.8. The van der Waals surface area contributed by atoms with E-state index in [2.05, 4.69) is 62.9 Å². The summed E-state index contributed by atoms with van der Waals surface area (Å²) in [5, 5.41) is 8.35. The smallest absolute Gasteiger partial charge is 0.319 e. The third-order valence-electron chi connectivity index (χ3n) is 6.38. The maximum Gasteiger partial charge on any atom is 0.319 e. The number of rotatable bonds is 6. The highest BCUT2D eigenvalue weighted by atomic mass is 16.5. The number of benzene rings is 3. The average Bonchev–Trinajstić information content (AvgIpc) is 3.02. The first-order valence-electron chi connectivity index (χ1n) is 11.5. The summed E-state index contributed by atoms with van der Waals surface area (Å²) in [6, 6.07) is 21.0. The SMILES string of the molecule is O=C1NCCc2ccc(OCCCN3CCN(c4cccc5ccccc45)CC3)cc2N1. The molecular formula is C26H30N4O2. The molecule has 2 amide bonds.